The summed E-state index contributed by atoms with van der Waals surface area (Å²) in [6, 6.07) is 4.71. The molecule has 0 saturated heterocycles. The molecule has 1 atom stereocenters. The van der Waals surface area contributed by atoms with Crippen molar-refractivity contribution in [3.63, 3.8) is 0 Å². The fraction of sp³-hybridized carbons (Fsp3) is 0.462. The van der Waals surface area contributed by atoms with Crippen molar-refractivity contribution in [1.82, 2.24) is 0 Å². The van der Waals surface area contributed by atoms with Crippen molar-refractivity contribution in [2.24, 2.45) is 0 Å². The molecule has 1 aromatic carbocycles. The third-order valence-electron chi connectivity index (χ3n) is 2.49. The highest BCUT2D eigenvalue weighted by atomic mass is 79.9. The lowest BCUT2D eigenvalue weighted by Crippen LogP contribution is -2.08. The number of benzene rings is 1. The first-order valence-corrected chi connectivity index (χ1v) is 7.44. The summed E-state index contributed by atoms with van der Waals surface area (Å²) in [6.45, 7) is 4.23. The number of hydrogen-bond acceptors (Lipinski definition) is 2. The molecule has 0 saturated carbocycles. The number of thioether (sulfide) groups is 1. The SMILES string of the molecule is CCC(C)SCC(=O)Cc1ccc(F)c(Br)c1. The molecule has 0 radical (unpaired) electrons. The number of rotatable bonds is 6. The minimum Gasteiger partial charge on any atom is -0.298 e. The molecule has 4 heteroatoms. The second-order valence-corrected chi connectivity index (χ2v) is 6.27. The molecule has 0 aliphatic carbocycles. The van der Waals surface area contributed by atoms with Crippen molar-refractivity contribution < 1.29 is 9.18 Å². The molecule has 94 valence electrons. The number of halogens is 2. The fourth-order valence-electron chi connectivity index (χ4n) is 1.28. The standard InChI is InChI=1S/C13H16BrFOS/c1-3-9(2)17-8-11(16)6-10-4-5-13(15)12(14)7-10/h4-5,7,9H,3,6,8H2,1-2H3. The van der Waals surface area contributed by atoms with Gasteiger partial charge < -0.3 is 0 Å². The van der Waals surface area contributed by atoms with Crippen LogP contribution in [0.3, 0.4) is 0 Å². The zero-order chi connectivity index (χ0) is 12.8. The zero-order valence-electron chi connectivity index (χ0n) is 10.0. The molecule has 0 aromatic heterocycles. The first-order chi connectivity index (χ1) is 8.02. The second-order valence-electron chi connectivity index (χ2n) is 3.99. The van der Waals surface area contributed by atoms with Gasteiger partial charge >= 0.3 is 0 Å². The van der Waals surface area contributed by atoms with Gasteiger partial charge in [-0.15, -0.1) is 0 Å². The molecule has 0 fully saturated rings. The van der Waals surface area contributed by atoms with Crippen molar-refractivity contribution in [2.45, 2.75) is 31.9 Å². The average molecular weight is 319 g/mol. The highest BCUT2D eigenvalue weighted by molar-refractivity contribution is 9.10. The Morgan fingerprint density at radius 2 is 2.24 bits per heavy atom. The van der Waals surface area contributed by atoms with Crippen molar-refractivity contribution >= 4 is 33.5 Å². The van der Waals surface area contributed by atoms with Crippen LogP contribution in [0.1, 0.15) is 25.8 Å². The Kier molecular flexibility index (Phi) is 6.20. The van der Waals surface area contributed by atoms with E-state index in [-0.39, 0.29) is 11.6 Å². The maximum atomic E-state index is 13.0. The molecule has 0 heterocycles. The van der Waals surface area contributed by atoms with Crippen molar-refractivity contribution in [3.05, 3.63) is 34.1 Å². The lowest BCUT2D eigenvalue weighted by Gasteiger charge is -2.07. The third kappa shape index (κ3) is 5.21. The summed E-state index contributed by atoms with van der Waals surface area (Å²) in [6.07, 6.45) is 1.45. The van der Waals surface area contributed by atoms with Crippen LogP contribution in [0, 0.1) is 5.82 Å². The molecule has 0 amide bonds. The van der Waals surface area contributed by atoms with Gasteiger partial charge in [0.25, 0.3) is 0 Å². The Labute approximate surface area is 114 Å². The van der Waals surface area contributed by atoms with E-state index < -0.39 is 0 Å². The minimum atomic E-state index is -0.296. The Morgan fingerprint density at radius 3 is 2.82 bits per heavy atom. The van der Waals surface area contributed by atoms with Gasteiger partial charge in [0.15, 0.2) is 0 Å². The van der Waals surface area contributed by atoms with Gasteiger partial charge in [-0.3, -0.25) is 4.79 Å². The summed E-state index contributed by atoms with van der Waals surface area (Å²) >= 11 is 4.79. The molecule has 1 aromatic rings. The van der Waals surface area contributed by atoms with Gasteiger partial charge in [-0.2, -0.15) is 11.8 Å². The molecule has 0 aliphatic heterocycles. The van der Waals surface area contributed by atoms with Crippen LogP contribution in [0.5, 0.6) is 0 Å². The molecule has 17 heavy (non-hydrogen) atoms. The molecule has 0 aliphatic rings. The Balaban J connectivity index is 2.48. The first-order valence-electron chi connectivity index (χ1n) is 5.60. The third-order valence-corrected chi connectivity index (χ3v) is 4.49. The zero-order valence-corrected chi connectivity index (χ0v) is 12.4. The maximum Gasteiger partial charge on any atom is 0.147 e. The Hall–Kier alpha value is -0.350. The Bertz CT molecular complexity index is 395. The summed E-state index contributed by atoms with van der Waals surface area (Å²) in [5, 5.41) is 0.513. The molecule has 1 unspecified atom stereocenters. The van der Waals surface area contributed by atoms with Gasteiger partial charge in [-0.1, -0.05) is 19.9 Å². The van der Waals surface area contributed by atoms with E-state index in [9.17, 15) is 9.18 Å². The van der Waals surface area contributed by atoms with Crippen LogP contribution in [-0.4, -0.2) is 16.8 Å². The topological polar surface area (TPSA) is 17.1 Å². The monoisotopic (exact) mass is 318 g/mol. The number of hydrogen-bond donors (Lipinski definition) is 0. The summed E-state index contributed by atoms with van der Waals surface area (Å²) < 4.78 is 13.4. The van der Waals surface area contributed by atoms with E-state index in [0.717, 1.165) is 12.0 Å². The number of carbonyl (C=O) groups is 1. The summed E-state index contributed by atoms with van der Waals surface area (Å²) in [7, 11) is 0. The average Bonchev–Trinajstić information content (AvgIpc) is 2.31. The molecule has 1 nitrogen and oxygen atoms in total. The van der Waals surface area contributed by atoms with E-state index in [4.69, 9.17) is 0 Å². The quantitative estimate of drug-likeness (QED) is 0.780. The largest absolute Gasteiger partial charge is 0.298 e. The predicted octanol–water partition coefficient (Wildman–Crippen LogP) is 4.23. The van der Waals surface area contributed by atoms with E-state index >= 15 is 0 Å². The van der Waals surface area contributed by atoms with Crippen molar-refractivity contribution in [2.75, 3.05) is 5.75 Å². The minimum absolute atomic E-state index is 0.189. The van der Waals surface area contributed by atoms with Crippen LogP contribution < -0.4 is 0 Å². The van der Waals surface area contributed by atoms with Gasteiger partial charge in [0, 0.05) is 11.7 Å². The van der Waals surface area contributed by atoms with Crippen molar-refractivity contribution in [1.29, 1.82) is 0 Å². The molecular formula is C13H16BrFOS. The van der Waals surface area contributed by atoms with Crippen molar-refractivity contribution in [3.8, 4) is 0 Å². The van der Waals surface area contributed by atoms with Crippen LogP contribution >= 0.6 is 27.7 Å². The van der Waals surface area contributed by atoms with E-state index in [1.165, 1.54) is 6.07 Å². The second kappa shape index (κ2) is 7.17. The fourth-order valence-corrected chi connectivity index (χ4v) is 2.52. The predicted molar refractivity (Wildman–Crippen MR) is 75.0 cm³/mol. The van der Waals surface area contributed by atoms with Gasteiger partial charge in [0.1, 0.15) is 11.6 Å². The van der Waals surface area contributed by atoms with Gasteiger partial charge in [0.2, 0.25) is 0 Å². The highest BCUT2D eigenvalue weighted by Gasteiger charge is 2.08. The smallest absolute Gasteiger partial charge is 0.147 e. The lowest BCUT2D eigenvalue weighted by atomic mass is 10.1. The number of ketones is 1. The summed E-state index contributed by atoms with van der Waals surface area (Å²) in [4.78, 5) is 11.7. The normalized spacial score (nSPS) is 12.5. The van der Waals surface area contributed by atoms with Crippen LogP contribution in [0.25, 0.3) is 0 Å². The molecule has 0 N–H and O–H groups in total. The maximum absolute atomic E-state index is 13.0. The number of carbonyl (C=O) groups excluding carboxylic acids is 1. The summed E-state index contributed by atoms with van der Waals surface area (Å²) in [5.74, 6) is 0.424. The highest BCUT2D eigenvalue weighted by Crippen LogP contribution is 2.18. The van der Waals surface area contributed by atoms with Crippen LogP contribution in [0.15, 0.2) is 22.7 Å². The van der Waals surface area contributed by atoms with E-state index in [1.54, 1.807) is 23.9 Å². The van der Waals surface area contributed by atoms with Crippen LogP contribution in [-0.2, 0) is 11.2 Å². The van der Waals surface area contributed by atoms with E-state index in [1.807, 2.05) is 0 Å². The van der Waals surface area contributed by atoms with E-state index in [2.05, 4.69) is 29.8 Å². The van der Waals surface area contributed by atoms with Gasteiger partial charge in [-0.05, 0) is 40.0 Å². The lowest BCUT2D eigenvalue weighted by molar-refractivity contribution is -0.116. The molecule has 0 spiro atoms. The van der Waals surface area contributed by atoms with E-state index in [0.29, 0.717) is 21.9 Å². The summed E-state index contributed by atoms with van der Waals surface area (Å²) in [5.41, 5.74) is 0.855. The number of Topliss-reactive ketones (excluding diaryl/α,β-unsaturated/α-hetero) is 1. The Morgan fingerprint density at radius 1 is 1.53 bits per heavy atom. The molecular weight excluding hydrogens is 303 g/mol. The first kappa shape index (κ1) is 14.7. The molecule has 0 bridgehead atoms. The van der Waals surface area contributed by atoms with Crippen LogP contribution in [0.2, 0.25) is 0 Å². The van der Waals surface area contributed by atoms with Gasteiger partial charge in [-0.25, -0.2) is 4.39 Å². The van der Waals surface area contributed by atoms with Gasteiger partial charge in [0.05, 0.1) is 10.2 Å². The van der Waals surface area contributed by atoms with Crippen LogP contribution in [0.4, 0.5) is 4.39 Å². The molecule has 1 rings (SSSR count).